The van der Waals surface area contributed by atoms with Gasteiger partial charge in [-0.1, -0.05) is 18.2 Å². The number of rotatable bonds is 5. The molecule has 0 aliphatic carbocycles. The molecule has 6 heteroatoms. The maximum absolute atomic E-state index is 11.9. The van der Waals surface area contributed by atoms with Crippen LogP contribution in [0, 0.1) is 11.3 Å². The van der Waals surface area contributed by atoms with E-state index in [0.29, 0.717) is 24.2 Å². The molecule has 1 aliphatic heterocycles. The lowest BCUT2D eigenvalue weighted by molar-refractivity contribution is -0.143. The predicted octanol–water partition coefficient (Wildman–Crippen LogP) is 0.849. The lowest BCUT2D eigenvalue weighted by Gasteiger charge is -2.17. The lowest BCUT2D eigenvalue weighted by atomic mass is 10.0. The number of carbonyl (C=O) groups is 2. The van der Waals surface area contributed by atoms with E-state index in [0.717, 1.165) is 6.42 Å². The SMILES string of the molecule is N#Cc1ccccc1C[C@H](NC(=O)[C@H]1CCCO1)C(=O)O. The molecule has 1 saturated heterocycles. The van der Waals surface area contributed by atoms with Crippen molar-refractivity contribution < 1.29 is 19.4 Å². The molecule has 0 saturated carbocycles. The summed E-state index contributed by atoms with van der Waals surface area (Å²) in [6.07, 6.45) is 0.899. The smallest absolute Gasteiger partial charge is 0.326 e. The van der Waals surface area contributed by atoms with Crippen molar-refractivity contribution in [3.8, 4) is 6.07 Å². The fourth-order valence-corrected chi connectivity index (χ4v) is 2.28. The first kappa shape index (κ1) is 15.0. The summed E-state index contributed by atoms with van der Waals surface area (Å²) in [7, 11) is 0. The number of nitrogens with one attached hydrogen (secondary N) is 1. The van der Waals surface area contributed by atoms with Crippen molar-refractivity contribution in [1.82, 2.24) is 5.32 Å². The lowest BCUT2D eigenvalue weighted by Crippen LogP contribution is -2.46. The van der Waals surface area contributed by atoms with Crippen LogP contribution in [-0.4, -0.2) is 35.7 Å². The Morgan fingerprint density at radius 2 is 2.24 bits per heavy atom. The summed E-state index contributed by atoms with van der Waals surface area (Å²) in [5, 5.41) is 20.8. The van der Waals surface area contributed by atoms with Gasteiger partial charge in [0, 0.05) is 13.0 Å². The van der Waals surface area contributed by atoms with Gasteiger partial charge in [0.1, 0.15) is 12.1 Å². The summed E-state index contributed by atoms with van der Waals surface area (Å²) >= 11 is 0. The Balaban J connectivity index is 2.07. The molecular formula is C15H16N2O4. The third kappa shape index (κ3) is 3.80. The molecule has 1 aromatic carbocycles. The molecule has 0 radical (unpaired) electrons. The largest absolute Gasteiger partial charge is 0.480 e. The maximum Gasteiger partial charge on any atom is 0.326 e. The monoisotopic (exact) mass is 288 g/mol. The molecule has 0 spiro atoms. The third-order valence-corrected chi connectivity index (χ3v) is 3.40. The van der Waals surface area contributed by atoms with Gasteiger partial charge < -0.3 is 15.2 Å². The summed E-state index contributed by atoms with van der Waals surface area (Å²) in [4.78, 5) is 23.3. The average molecular weight is 288 g/mol. The van der Waals surface area contributed by atoms with Crippen LogP contribution in [-0.2, 0) is 20.7 Å². The van der Waals surface area contributed by atoms with Crippen LogP contribution in [0.5, 0.6) is 0 Å². The van der Waals surface area contributed by atoms with Crippen LogP contribution < -0.4 is 5.32 Å². The van der Waals surface area contributed by atoms with Gasteiger partial charge in [-0.2, -0.15) is 5.26 Å². The van der Waals surface area contributed by atoms with E-state index in [-0.39, 0.29) is 6.42 Å². The molecule has 2 rings (SSSR count). The highest BCUT2D eigenvalue weighted by atomic mass is 16.5. The summed E-state index contributed by atoms with van der Waals surface area (Å²) in [6, 6.07) is 7.70. The quantitative estimate of drug-likeness (QED) is 0.836. The van der Waals surface area contributed by atoms with Gasteiger partial charge in [-0.05, 0) is 24.5 Å². The molecule has 1 amide bonds. The Morgan fingerprint density at radius 3 is 2.86 bits per heavy atom. The minimum absolute atomic E-state index is 0.0670. The topological polar surface area (TPSA) is 99.4 Å². The molecule has 1 aromatic rings. The fourth-order valence-electron chi connectivity index (χ4n) is 2.28. The van der Waals surface area contributed by atoms with Crippen molar-refractivity contribution in [1.29, 1.82) is 5.26 Å². The number of carboxylic acid groups (broad SMARTS) is 1. The van der Waals surface area contributed by atoms with Gasteiger partial charge >= 0.3 is 5.97 Å². The number of aliphatic carboxylic acids is 1. The maximum atomic E-state index is 11.9. The van der Waals surface area contributed by atoms with E-state index in [2.05, 4.69) is 5.32 Å². The van der Waals surface area contributed by atoms with Crippen molar-refractivity contribution in [2.24, 2.45) is 0 Å². The number of amides is 1. The molecule has 2 atom stereocenters. The minimum atomic E-state index is -1.13. The zero-order valence-corrected chi connectivity index (χ0v) is 11.4. The van der Waals surface area contributed by atoms with Gasteiger partial charge in [-0.15, -0.1) is 0 Å². The zero-order chi connectivity index (χ0) is 15.2. The fraction of sp³-hybridized carbons (Fsp3) is 0.400. The Hall–Kier alpha value is -2.39. The second kappa shape index (κ2) is 6.86. The predicted molar refractivity (Wildman–Crippen MR) is 73.4 cm³/mol. The molecule has 6 nitrogen and oxygen atoms in total. The van der Waals surface area contributed by atoms with E-state index >= 15 is 0 Å². The number of nitrogens with zero attached hydrogens (tertiary/aromatic N) is 1. The second-order valence-corrected chi connectivity index (χ2v) is 4.87. The number of carboxylic acids is 1. The Bertz CT molecular complexity index is 573. The number of nitriles is 1. The van der Waals surface area contributed by atoms with Crippen molar-refractivity contribution in [2.75, 3.05) is 6.61 Å². The molecule has 1 aliphatic rings. The van der Waals surface area contributed by atoms with Gasteiger partial charge in [0.2, 0.25) is 5.91 Å². The van der Waals surface area contributed by atoms with Crippen LogP contribution in [0.25, 0.3) is 0 Å². The molecule has 110 valence electrons. The standard InChI is InChI=1S/C15H16N2O4/c16-9-11-5-2-1-4-10(11)8-12(15(19)20)17-14(18)13-6-3-7-21-13/h1-2,4-5,12-13H,3,6-8H2,(H,17,18)(H,19,20)/t12-,13+/m0/s1. The van der Waals surface area contributed by atoms with Crippen LogP contribution in [0.15, 0.2) is 24.3 Å². The van der Waals surface area contributed by atoms with E-state index in [1.807, 2.05) is 6.07 Å². The summed E-state index contributed by atoms with van der Waals surface area (Å²) < 4.78 is 5.23. The molecule has 2 N–H and O–H groups in total. The van der Waals surface area contributed by atoms with Crippen molar-refractivity contribution >= 4 is 11.9 Å². The van der Waals surface area contributed by atoms with Crippen molar-refractivity contribution in [3.05, 3.63) is 35.4 Å². The second-order valence-electron chi connectivity index (χ2n) is 4.87. The van der Waals surface area contributed by atoms with Crippen LogP contribution in [0.4, 0.5) is 0 Å². The molecule has 0 aromatic heterocycles. The van der Waals surface area contributed by atoms with Crippen molar-refractivity contribution in [2.45, 2.75) is 31.4 Å². The van der Waals surface area contributed by atoms with E-state index in [1.165, 1.54) is 0 Å². The Labute approximate surface area is 122 Å². The van der Waals surface area contributed by atoms with E-state index < -0.39 is 24.0 Å². The first-order valence-corrected chi connectivity index (χ1v) is 6.74. The minimum Gasteiger partial charge on any atom is -0.480 e. The van der Waals surface area contributed by atoms with Crippen molar-refractivity contribution in [3.63, 3.8) is 0 Å². The highest BCUT2D eigenvalue weighted by Gasteiger charge is 2.28. The number of benzene rings is 1. The molecular weight excluding hydrogens is 272 g/mol. The highest BCUT2D eigenvalue weighted by Crippen LogP contribution is 2.14. The van der Waals surface area contributed by atoms with Crippen LogP contribution in [0.1, 0.15) is 24.0 Å². The van der Waals surface area contributed by atoms with E-state index in [9.17, 15) is 14.7 Å². The van der Waals surface area contributed by atoms with Gasteiger partial charge in [0.25, 0.3) is 0 Å². The summed E-state index contributed by atoms with van der Waals surface area (Å²) in [5.41, 5.74) is 1.01. The Morgan fingerprint density at radius 1 is 1.48 bits per heavy atom. The summed E-state index contributed by atoms with van der Waals surface area (Å²) in [5.74, 6) is -1.54. The van der Waals surface area contributed by atoms with Gasteiger partial charge in [-0.3, -0.25) is 4.79 Å². The molecule has 1 fully saturated rings. The number of hydrogen-bond donors (Lipinski definition) is 2. The first-order chi connectivity index (χ1) is 10.1. The van der Waals surface area contributed by atoms with Crippen LogP contribution >= 0.6 is 0 Å². The summed E-state index contributed by atoms with van der Waals surface area (Å²) in [6.45, 7) is 0.521. The average Bonchev–Trinajstić information content (AvgIpc) is 3.01. The molecule has 0 unspecified atom stereocenters. The molecule has 21 heavy (non-hydrogen) atoms. The Kier molecular flexibility index (Phi) is 4.90. The first-order valence-electron chi connectivity index (χ1n) is 6.74. The highest BCUT2D eigenvalue weighted by molar-refractivity contribution is 5.86. The zero-order valence-electron chi connectivity index (χ0n) is 11.4. The van der Waals surface area contributed by atoms with Gasteiger partial charge in [-0.25, -0.2) is 4.79 Å². The number of hydrogen-bond acceptors (Lipinski definition) is 4. The van der Waals surface area contributed by atoms with Gasteiger partial charge in [0.05, 0.1) is 11.6 Å². The van der Waals surface area contributed by atoms with E-state index in [1.54, 1.807) is 24.3 Å². The number of carbonyl (C=O) groups excluding carboxylic acids is 1. The van der Waals surface area contributed by atoms with Gasteiger partial charge in [0.15, 0.2) is 0 Å². The third-order valence-electron chi connectivity index (χ3n) is 3.40. The van der Waals surface area contributed by atoms with Crippen LogP contribution in [0.2, 0.25) is 0 Å². The molecule has 1 heterocycles. The number of ether oxygens (including phenoxy) is 1. The molecule has 0 bridgehead atoms. The normalized spacial score (nSPS) is 18.7. The van der Waals surface area contributed by atoms with E-state index in [4.69, 9.17) is 10.00 Å². The van der Waals surface area contributed by atoms with Crippen LogP contribution in [0.3, 0.4) is 0 Å².